The van der Waals surface area contributed by atoms with Crippen molar-refractivity contribution >= 4 is 11.8 Å². The third kappa shape index (κ3) is 4.59. The molecule has 144 valence electrons. The molecular weight excluding hydrogens is 338 g/mol. The van der Waals surface area contributed by atoms with Gasteiger partial charge in [0.05, 0.1) is 5.56 Å². The van der Waals surface area contributed by atoms with Crippen molar-refractivity contribution < 1.29 is 9.59 Å². The number of nitrogens with one attached hydrogen (secondary N) is 1. The van der Waals surface area contributed by atoms with Gasteiger partial charge in [-0.25, -0.2) is 0 Å². The molecule has 0 saturated carbocycles. The fourth-order valence-corrected chi connectivity index (χ4v) is 3.63. The standard InChI is InChI=1S/C22H29N3O2/c1-4-18-5-7-19(8-6-18)9-10-21(26)24-11-13-25(14-12-24)22(27)20-15-16(2)23-17(20)3/h5-8,15,23H,4,9-14H2,1-3H3. The maximum atomic E-state index is 12.7. The Labute approximate surface area is 161 Å². The van der Waals surface area contributed by atoms with Crippen LogP contribution in [0.1, 0.15) is 46.2 Å². The van der Waals surface area contributed by atoms with Crippen molar-refractivity contribution in [3.05, 3.63) is 58.4 Å². The van der Waals surface area contributed by atoms with Crippen molar-refractivity contribution in [2.24, 2.45) is 0 Å². The van der Waals surface area contributed by atoms with Gasteiger partial charge in [-0.3, -0.25) is 9.59 Å². The van der Waals surface area contributed by atoms with Crippen LogP contribution in [0, 0.1) is 13.8 Å². The van der Waals surface area contributed by atoms with Crippen LogP contribution in [0.15, 0.2) is 30.3 Å². The van der Waals surface area contributed by atoms with Crippen LogP contribution in [0.5, 0.6) is 0 Å². The molecule has 27 heavy (non-hydrogen) atoms. The molecule has 5 heteroatoms. The topological polar surface area (TPSA) is 56.4 Å². The lowest BCUT2D eigenvalue weighted by Crippen LogP contribution is -2.50. The Morgan fingerprint density at radius 2 is 1.56 bits per heavy atom. The van der Waals surface area contributed by atoms with Gasteiger partial charge >= 0.3 is 0 Å². The minimum Gasteiger partial charge on any atom is -0.362 e. The number of hydrogen-bond donors (Lipinski definition) is 1. The van der Waals surface area contributed by atoms with E-state index in [0.29, 0.717) is 32.6 Å². The molecule has 1 N–H and O–H groups in total. The van der Waals surface area contributed by atoms with Gasteiger partial charge in [0.2, 0.25) is 5.91 Å². The molecule has 3 rings (SSSR count). The van der Waals surface area contributed by atoms with Gasteiger partial charge in [0, 0.05) is 44.0 Å². The summed E-state index contributed by atoms with van der Waals surface area (Å²) < 4.78 is 0. The van der Waals surface area contributed by atoms with Gasteiger partial charge in [-0.1, -0.05) is 31.2 Å². The maximum absolute atomic E-state index is 12.7. The minimum atomic E-state index is 0.0555. The Bertz CT molecular complexity index is 799. The van der Waals surface area contributed by atoms with Crippen LogP contribution in [-0.4, -0.2) is 52.8 Å². The number of aromatic nitrogens is 1. The van der Waals surface area contributed by atoms with Crippen molar-refractivity contribution in [1.82, 2.24) is 14.8 Å². The lowest BCUT2D eigenvalue weighted by Gasteiger charge is -2.35. The first-order valence-electron chi connectivity index (χ1n) is 9.79. The second kappa shape index (κ2) is 8.42. The normalized spacial score (nSPS) is 14.5. The van der Waals surface area contributed by atoms with Crippen LogP contribution in [0.2, 0.25) is 0 Å². The molecule has 0 spiro atoms. The van der Waals surface area contributed by atoms with Gasteiger partial charge in [-0.05, 0) is 43.9 Å². The summed E-state index contributed by atoms with van der Waals surface area (Å²) in [5.74, 6) is 0.232. The molecule has 0 atom stereocenters. The molecule has 0 radical (unpaired) electrons. The molecule has 1 fully saturated rings. The van der Waals surface area contributed by atoms with Crippen LogP contribution in [0.25, 0.3) is 0 Å². The number of nitrogens with zero attached hydrogens (tertiary/aromatic N) is 2. The van der Waals surface area contributed by atoms with E-state index in [9.17, 15) is 9.59 Å². The highest BCUT2D eigenvalue weighted by atomic mass is 16.2. The van der Waals surface area contributed by atoms with Crippen LogP contribution >= 0.6 is 0 Å². The second-order valence-electron chi connectivity index (χ2n) is 7.33. The molecule has 0 bridgehead atoms. The summed E-state index contributed by atoms with van der Waals surface area (Å²) >= 11 is 0. The zero-order valence-corrected chi connectivity index (χ0v) is 16.5. The van der Waals surface area contributed by atoms with E-state index in [1.807, 2.05) is 29.7 Å². The predicted octanol–water partition coefficient (Wildman–Crippen LogP) is 3.11. The van der Waals surface area contributed by atoms with Gasteiger partial charge in [-0.2, -0.15) is 0 Å². The largest absolute Gasteiger partial charge is 0.362 e. The Kier molecular flexibility index (Phi) is 5.99. The highest BCUT2D eigenvalue weighted by Crippen LogP contribution is 2.15. The van der Waals surface area contributed by atoms with E-state index in [2.05, 4.69) is 36.2 Å². The summed E-state index contributed by atoms with van der Waals surface area (Å²) in [5, 5.41) is 0. The first-order chi connectivity index (χ1) is 13.0. The Morgan fingerprint density at radius 3 is 2.11 bits per heavy atom. The Balaban J connectivity index is 1.48. The first kappa shape index (κ1) is 19.2. The molecule has 0 unspecified atom stereocenters. The van der Waals surface area contributed by atoms with E-state index in [1.54, 1.807) is 0 Å². The van der Waals surface area contributed by atoms with Crippen molar-refractivity contribution in [1.29, 1.82) is 0 Å². The van der Waals surface area contributed by atoms with Gasteiger partial charge in [0.25, 0.3) is 5.91 Å². The van der Waals surface area contributed by atoms with E-state index in [-0.39, 0.29) is 11.8 Å². The fourth-order valence-electron chi connectivity index (χ4n) is 3.63. The molecule has 1 aliphatic heterocycles. The molecule has 0 aliphatic carbocycles. The van der Waals surface area contributed by atoms with E-state index in [4.69, 9.17) is 0 Å². The fraction of sp³-hybridized carbons (Fsp3) is 0.455. The molecule has 1 aromatic carbocycles. The minimum absolute atomic E-state index is 0.0555. The third-order valence-electron chi connectivity index (χ3n) is 5.36. The third-order valence-corrected chi connectivity index (χ3v) is 5.36. The lowest BCUT2D eigenvalue weighted by molar-refractivity contribution is -0.132. The smallest absolute Gasteiger partial charge is 0.255 e. The molecule has 1 saturated heterocycles. The van der Waals surface area contributed by atoms with Gasteiger partial charge in [0.15, 0.2) is 0 Å². The van der Waals surface area contributed by atoms with Crippen molar-refractivity contribution in [2.45, 2.75) is 40.0 Å². The number of carbonyl (C=O) groups is 2. The number of amides is 2. The van der Waals surface area contributed by atoms with E-state index < -0.39 is 0 Å². The summed E-state index contributed by atoms with van der Waals surface area (Å²) in [6.07, 6.45) is 2.32. The quantitative estimate of drug-likeness (QED) is 0.883. The SMILES string of the molecule is CCc1ccc(CCC(=O)N2CCN(C(=O)c3cc(C)[nH]c3C)CC2)cc1. The van der Waals surface area contributed by atoms with Crippen LogP contribution in [-0.2, 0) is 17.6 Å². The van der Waals surface area contributed by atoms with Crippen LogP contribution in [0.3, 0.4) is 0 Å². The summed E-state index contributed by atoms with van der Waals surface area (Å²) in [7, 11) is 0. The second-order valence-corrected chi connectivity index (χ2v) is 7.33. The molecule has 2 amide bonds. The summed E-state index contributed by atoms with van der Waals surface area (Å²) in [6.45, 7) is 8.44. The molecule has 5 nitrogen and oxygen atoms in total. The predicted molar refractivity (Wildman–Crippen MR) is 107 cm³/mol. The summed E-state index contributed by atoms with van der Waals surface area (Å²) in [6, 6.07) is 10.4. The number of H-pyrrole nitrogens is 1. The van der Waals surface area contributed by atoms with Crippen molar-refractivity contribution in [2.75, 3.05) is 26.2 Å². The zero-order valence-electron chi connectivity index (χ0n) is 16.5. The van der Waals surface area contributed by atoms with Crippen molar-refractivity contribution in [3.63, 3.8) is 0 Å². The Morgan fingerprint density at radius 1 is 0.963 bits per heavy atom. The zero-order chi connectivity index (χ0) is 19.4. The number of piperazine rings is 1. The number of aryl methyl sites for hydroxylation is 4. The monoisotopic (exact) mass is 367 g/mol. The number of rotatable bonds is 5. The van der Waals surface area contributed by atoms with Crippen LogP contribution in [0.4, 0.5) is 0 Å². The van der Waals surface area contributed by atoms with Crippen molar-refractivity contribution in [3.8, 4) is 0 Å². The summed E-state index contributed by atoms with van der Waals surface area (Å²) in [5.41, 5.74) is 5.16. The first-order valence-corrected chi connectivity index (χ1v) is 9.79. The number of aromatic amines is 1. The molecule has 1 aromatic heterocycles. The highest BCUT2D eigenvalue weighted by Gasteiger charge is 2.26. The highest BCUT2D eigenvalue weighted by molar-refractivity contribution is 5.95. The Hall–Kier alpha value is -2.56. The molecule has 1 aliphatic rings. The lowest BCUT2D eigenvalue weighted by atomic mass is 10.1. The number of hydrogen-bond acceptors (Lipinski definition) is 2. The van der Waals surface area contributed by atoms with Gasteiger partial charge < -0.3 is 14.8 Å². The van der Waals surface area contributed by atoms with E-state index >= 15 is 0 Å². The average molecular weight is 367 g/mol. The molecule has 2 aromatic rings. The number of benzene rings is 1. The van der Waals surface area contributed by atoms with E-state index in [1.165, 1.54) is 11.1 Å². The maximum Gasteiger partial charge on any atom is 0.255 e. The van der Waals surface area contributed by atoms with Crippen LogP contribution < -0.4 is 0 Å². The van der Waals surface area contributed by atoms with E-state index in [0.717, 1.165) is 29.8 Å². The van der Waals surface area contributed by atoms with Gasteiger partial charge in [-0.15, -0.1) is 0 Å². The average Bonchev–Trinajstić information content (AvgIpc) is 3.04. The molecular formula is C22H29N3O2. The van der Waals surface area contributed by atoms with Gasteiger partial charge in [0.1, 0.15) is 0 Å². The molecule has 2 heterocycles. The number of carbonyl (C=O) groups excluding carboxylic acids is 2. The summed E-state index contributed by atoms with van der Waals surface area (Å²) in [4.78, 5) is 32.1.